The van der Waals surface area contributed by atoms with Gasteiger partial charge in [0.2, 0.25) is 0 Å². The third-order valence-electron chi connectivity index (χ3n) is 2.66. The number of nitrogens with two attached hydrogens (primary N) is 1. The zero-order valence-electron chi connectivity index (χ0n) is 9.78. The predicted octanol–water partition coefficient (Wildman–Crippen LogP) is 3.00. The van der Waals surface area contributed by atoms with Crippen LogP contribution in [0, 0.1) is 5.82 Å². The van der Waals surface area contributed by atoms with Gasteiger partial charge in [-0.3, -0.25) is 0 Å². The Labute approximate surface area is 99.4 Å². The average molecular weight is 237 g/mol. The Bertz CT molecular complexity index is 495. The predicted molar refractivity (Wildman–Crippen MR) is 64.2 cm³/mol. The van der Waals surface area contributed by atoms with Crippen LogP contribution in [0.15, 0.2) is 28.7 Å². The van der Waals surface area contributed by atoms with Gasteiger partial charge in [-0.15, -0.1) is 0 Å². The molecular weight excluding hydrogens is 221 g/mol. The SMILES string of the molecule is CCOCCC(N)c1cc2cccc(F)c2o1. The summed E-state index contributed by atoms with van der Waals surface area (Å²) in [6.07, 6.45) is 0.662. The van der Waals surface area contributed by atoms with E-state index in [0.29, 0.717) is 25.4 Å². The summed E-state index contributed by atoms with van der Waals surface area (Å²) in [5.41, 5.74) is 6.23. The van der Waals surface area contributed by atoms with Crippen LogP contribution in [-0.4, -0.2) is 13.2 Å². The second kappa shape index (κ2) is 5.29. The lowest BCUT2D eigenvalue weighted by molar-refractivity contribution is 0.138. The number of hydrogen-bond donors (Lipinski definition) is 1. The van der Waals surface area contributed by atoms with Crippen LogP contribution >= 0.6 is 0 Å². The first kappa shape index (κ1) is 12.1. The fourth-order valence-corrected chi connectivity index (χ4v) is 1.73. The summed E-state index contributed by atoms with van der Waals surface area (Å²) in [4.78, 5) is 0. The number of hydrogen-bond acceptors (Lipinski definition) is 3. The molecule has 17 heavy (non-hydrogen) atoms. The molecule has 1 atom stereocenters. The monoisotopic (exact) mass is 237 g/mol. The maximum atomic E-state index is 13.4. The molecule has 0 amide bonds. The highest BCUT2D eigenvalue weighted by Gasteiger charge is 2.13. The van der Waals surface area contributed by atoms with Gasteiger partial charge in [-0.1, -0.05) is 12.1 Å². The van der Waals surface area contributed by atoms with Crippen molar-refractivity contribution in [1.82, 2.24) is 0 Å². The smallest absolute Gasteiger partial charge is 0.169 e. The van der Waals surface area contributed by atoms with Crippen LogP contribution < -0.4 is 5.73 Å². The number of benzene rings is 1. The molecule has 4 heteroatoms. The zero-order valence-corrected chi connectivity index (χ0v) is 9.78. The maximum Gasteiger partial charge on any atom is 0.169 e. The van der Waals surface area contributed by atoms with E-state index in [0.717, 1.165) is 5.39 Å². The fourth-order valence-electron chi connectivity index (χ4n) is 1.73. The highest BCUT2D eigenvalue weighted by Crippen LogP contribution is 2.26. The van der Waals surface area contributed by atoms with Crippen molar-refractivity contribution in [2.45, 2.75) is 19.4 Å². The van der Waals surface area contributed by atoms with Gasteiger partial charge in [0, 0.05) is 18.6 Å². The van der Waals surface area contributed by atoms with Crippen LogP contribution in [0.25, 0.3) is 11.0 Å². The van der Waals surface area contributed by atoms with Gasteiger partial charge in [0.1, 0.15) is 5.76 Å². The van der Waals surface area contributed by atoms with E-state index in [1.807, 2.05) is 6.92 Å². The van der Waals surface area contributed by atoms with Crippen molar-refractivity contribution in [2.24, 2.45) is 5.73 Å². The molecule has 1 heterocycles. The van der Waals surface area contributed by atoms with Gasteiger partial charge in [-0.25, -0.2) is 4.39 Å². The Morgan fingerprint density at radius 3 is 3.00 bits per heavy atom. The van der Waals surface area contributed by atoms with E-state index in [9.17, 15) is 4.39 Å². The van der Waals surface area contributed by atoms with Gasteiger partial charge in [0.05, 0.1) is 6.04 Å². The molecule has 0 aliphatic heterocycles. The third-order valence-corrected chi connectivity index (χ3v) is 2.66. The molecule has 3 nitrogen and oxygen atoms in total. The molecule has 2 aromatic rings. The van der Waals surface area contributed by atoms with Crippen molar-refractivity contribution in [3.8, 4) is 0 Å². The van der Waals surface area contributed by atoms with Gasteiger partial charge in [-0.2, -0.15) is 0 Å². The number of halogens is 1. The molecule has 2 N–H and O–H groups in total. The number of fused-ring (bicyclic) bond motifs is 1. The molecule has 1 unspecified atom stereocenters. The molecule has 0 bridgehead atoms. The Hall–Kier alpha value is -1.39. The van der Waals surface area contributed by atoms with Crippen molar-refractivity contribution in [3.05, 3.63) is 35.8 Å². The van der Waals surface area contributed by atoms with E-state index >= 15 is 0 Å². The number of para-hydroxylation sites is 1. The van der Waals surface area contributed by atoms with E-state index < -0.39 is 0 Å². The van der Waals surface area contributed by atoms with E-state index in [4.69, 9.17) is 14.9 Å². The highest BCUT2D eigenvalue weighted by atomic mass is 19.1. The van der Waals surface area contributed by atoms with Crippen LogP contribution in [0.1, 0.15) is 25.1 Å². The van der Waals surface area contributed by atoms with Crippen LogP contribution in [0.2, 0.25) is 0 Å². The molecule has 1 aromatic heterocycles. The Morgan fingerprint density at radius 2 is 2.29 bits per heavy atom. The van der Waals surface area contributed by atoms with Gasteiger partial charge in [0.15, 0.2) is 11.4 Å². The molecule has 92 valence electrons. The number of furan rings is 1. The second-order valence-corrected chi connectivity index (χ2v) is 3.90. The minimum atomic E-state index is -0.356. The van der Waals surface area contributed by atoms with Gasteiger partial charge < -0.3 is 14.9 Å². The first-order valence-electron chi connectivity index (χ1n) is 5.73. The van der Waals surface area contributed by atoms with Crippen LogP contribution in [0.3, 0.4) is 0 Å². The Kier molecular flexibility index (Phi) is 3.76. The van der Waals surface area contributed by atoms with Crippen molar-refractivity contribution >= 4 is 11.0 Å². The lowest BCUT2D eigenvalue weighted by Gasteiger charge is -2.07. The molecule has 0 aliphatic carbocycles. The molecule has 0 aliphatic rings. The third kappa shape index (κ3) is 2.65. The molecule has 0 saturated carbocycles. The van der Waals surface area contributed by atoms with Crippen LogP contribution in [-0.2, 0) is 4.74 Å². The molecular formula is C13H16FNO2. The summed E-state index contributed by atoms with van der Waals surface area (Å²) in [5, 5.41) is 0.742. The Morgan fingerprint density at radius 1 is 1.47 bits per heavy atom. The fraction of sp³-hybridized carbons (Fsp3) is 0.385. The van der Waals surface area contributed by atoms with Crippen molar-refractivity contribution < 1.29 is 13.5 Å². The largest absolute Gasteiger partial charge is 0.456 e. The van der Waals surface area contributed by atoms with E-state index in [2.05, 4.69) is 0 Å². The molecule has 0 saturated heterocycles. The molecule has 0 spiro atoms. The van der Waals surface area contributed by atoms with Crippen LogP contribution in [0.4, 0.5) is 4.39 Å². The quantitative estimate of drug-likeness (QED) is 0.813. The van der Waals surface area contributed by atoms with Gasteiger partial charge >= 0.3 is 0 Å². The first-order chi connectivity index (χ1) is 8.22. The van der Waals surface area contributed by atoms with Crippen LogP contribution in [0.5, 0.6) is 0 Å². The minimum absolute atomic E-state index is 0.256. The summed E-state index contributed by atoms with van der Waals surface area (Å²) in [6, 6.07) is 6.37. The van der Waals surface area contributed by atoms with E-state index in [1.165, 1.54) is 6.07 Å². The van der Waals surface area contributed by atoms with Crippen molar-refractivity contribution in [2.75, 3.05) is 13.2 Å². The van der Waals surface area contributed by atoms with Gasteiger partial charge in [0.25, 0.3) is 0 Å². The van der Waals surface area contributed by atoms with E-state index in [-0.39, 0.29) is 17.4 Å². The maximum absolute atomic E-state index is 13.4. The number of rotatable bonds is 5. The summed E-state index contributed by atoms with van der Waals surface area (Å²) in [5.74, 6) is 0.246. The first-order valence-corrected chi connectivity index (χ1v) is 5.73. The minimum Gasteiger partial charge on any atom is -0.456 e. The highest BCUT2D eigenvalue weighted by molar-refractivity contribution is 5.78. The summed E-state index contributed by atoms with van der Waals surface area (Å²) in [6.45, 7) is 3.18. The normalized spacial score (nSPS) is 13.1. The Balaban J connectivity index is 2.16. The summed E-state index contributed by atoms with van der Waals surface area (Å²) < 4.78 is 24.1. The lowest BCUT2D eigenvalue weighted by Crippen LogP contribution is -2.12. The van der Waals surface area contributed by atoms with E-state index in [1.54, 1.807) is 18.2 Å². The molecule has 0 fully saturated rings. The zero-order chi connectivity index (χ0) is 12.3. The second-order valence-electron chi connectivity index (χ2n) is 3.90. The van der Waals surface area contributed by atoms with Crippen molar-refractivity contribution in [3.63, 3.8) is 0 Å². The van der Waals surface area contributed by atoms with Gasteiger partial charge in [-0.05, 0) is 25.5 Å². The lowest BCUT2D eigenvalue weighted by atomic mass is 10.1. The average Bonchev–Trinajstić information content (AvgIpc) is 2.75. The topological polar surface area (TPSA) is 48.4 Å². The van der Waals surface area contributed by atoms with Crippen molar-refractivity contribution in [1.29, 1.82) is 0 Å². The standard InChI is InChI=1S/C13H16FNO2/c1-2-16-7-6-11(15)12-8-9-4-3-5-10(14)13(9)17-12/h3-5,8,11H,2,6-7,15H2,1H3. The number of ether oxygens (including phenoxy) is 1. The summed E-state index contributed by atoms with van der Waals surface area (Å²) in [7, 11) is 0. The molecule has 0 radical (unpaired) electrons. The summed E-state index contributed by atoms with van der Waals surface area (Å²) >= 11 is 0. The molecule has 1 aromatic carbocycles. The molecule has 2 rings (SSSR count).